The minimum atomic E-state index is -0.461. The van der Waals surface area contributed by atoms with Crippen molar-refractivity contribution in [2.24, 2.45) is 5.92 Å². The Kier molecular flexibility index (Phi) is 6.52. The summed E-state index contributed by atoms with van der Waals surface area (Å²) in [5.74, 6) is 1.34. The van der Waals surface area contributed by atoms with Crippen LogP contribution in [0, 0.1) is 5.92 Å². The highest BCUT2D eigenvalue weighted by Gasteiger charge is 2.03. The van der Waals surface area contributed by atoms with Crippen LogP contribution in [0.2, 0.25) is 0 Å². The number of halogens is 2. The molecule has 0 spiro atoms. The van der Waals surface area contributed by atoms with E-state index in [0.29, 0.717) is 11.7 Å². The van der Waals surface area contributed by atoms with Gasteiger partial charge in [0.25, 0.3) is 0 Å². The average Bonchev–Trinajstić information content (AvgIpc) is 2.29. The van der Waals surface area contributed by atoms with Crippen LogP contribution in [0.3, 0.4) is 0 Å². The largest absolute Gasteiger partial charge is 0.491 e. The molecule has 0 saturated heterocycles. The van der Waals surface area contributed by atoms with E-state index in [-0.39, 0.29) is 6.61 Å². The van der Waals surface area contributed by atoms with E-state index in [1.807, 2.05) is 18.2 Å². The minimum Gasteiger partial charge on any atom is -0.491 e. The molecule has 4 heteroatoms. The van der Waals surface area contributed by atoms with Gasteiger partial charge in [0.05, 0.1) is 0 Å². The third-order valence-electron chi connectivity index (χ3n) is 2.23. The topological polar surface area (TPSA) is 21.3 Å². The molecule has 0 heterocycles. The fourth-order valence-electron chi connectivity index (χ4n) is 1.43. The lowest BCUT2D eigenvalue weighted by atomic mass is 10.2. The van der Waals surface area contributed by atoms with Gasteiger partial charge in [0.2, 0.25) is 0 Å². The first-order valence-electron chi connectivity index (χ1n) is 5.81. The number of nitrogens with one attached hydrogen (secondary N) is 1. The summed E-state index contributed by atoms with van der Waals surface area (Å²) in [6.07, 6.45) is 0. The van der Waals surface area contributed by atoms with E-state index in [0.717, 1.165) is 23.1 Å². The quantitative estimate of drug-likeness (QED) is 0.832. The lowest BCUT2D eigenvalue weighted by molar-refractivity contribution is 0.273. The molecule has 96 valence electrons. The molecule has 0 aliphatic heterocycles. The molecule has 1 aromatic carbocycles. The van der Waals surface area contributed by atoms with Gasteiger partial charge in [-0.25, -0.2) is 4.39 Å². The van der Waals surface area contributed by atoms with E-state index in [4.69, 9.17) is 4.74 Å². The average molecular weight is 304 g/mol. The Balaban J connectivity index is 2.56. The van der Waals surface area contributed by atoms with Crippen molar-refractivity contribution >= 4 is 15.9 Å². The Morgan fingerprint density at radius 3 is 2.82 bits per heavy atom. The highest BCUT2D eigenvalue weighted by atomic mass is 79.9. The normalized spacial score (nSPS) is 10.9. The van der Waals surface area contributed by atoms with Gasteiger partial charge < -0.3 is 10.1 Å². The Morgan fingerprint density at radius 1 is 1.41 bits per heavy atom. The zero-order chi connectivity index (χ0) is 12.7. The fourth-order valence-corrected chi connectivity index (χ4v) is 1.82. The van der Waals surface area contributed by atoms with Crippen LogP contribution in [0.15, 0.2) is 22.7 Å². The molecule has 0 amide bonds. The van der Waals surface area contributed by atoms with Gasteiger partial charge >= 0.3 is 0 Å². The maximum Gasteiger partial charge on any atom is 0.123 e. The van der Waals surface area contributed by atoms with Crippen molar-refractivity contribution in [3.8, 4) is 5.75 Å². The van der Waals surface area contributed by atoms with Crippen LogP contribution in [-0.2, 0) is 6.54 Å². The molecule has 2 nitrogen and oxygen atoms in total. The molecule has 0 aromatic heterocycles. The Labute approximate surface area is 111 Å². The zero-order valence-electron chi connectivity index (χ0n) is 10.3. The van der Waals surface area contributed by atoms with Crippen LogP contribution in [0.5, 0.6) is 5.75 Å². The number of rotatable bonds is 7. The van der Waals surface area contributed by atoms with Crippen LogP contribution in [0.4, 0.5) is 4.39 Å². The maximum absolute atomic E-state index is 12.0. The summed E-state index contributed by atoms with van der Waals surface area (Å²) >= 11 is 3.50. The van der Waals surface area contributed by atoms with Gasteiger partial charge in [0.1, 0.15) is 19.0 Å². The van der Waals surface area contributed by atoms with Crippen molar-refractivity contribution in [2.75, 3.05) is 19.8 Å². The third-order valence-corrected chi connectivity index (χ3v) is 3.00. The third kappa shape index (κ3) is 5.50. The molecule has 0 bridgehead atoms. The molecule has 1 rings (SSSR count). The van der Waals surface area contributed by atoms with E-state index < -0.39 is 6.67 Å². The first-order valence-corrected chi connectivity index (χ1v) is 6.60. The van der Waals surface area contributed by atoms with E-state index >= 15 is 0 Å². The summed E-state index contributed by atoms with van der Waals surface area (Å²) in [5.41, 5.74) is 1.13. The lowest BCUT2D eigenvalue weighted by Gasteiger charge is -2.11. The summed E-state index contributed by atoms with van der Waals surface area (Å²) in [5, 5.41) is 3.37. The van der Waals surface area contributed by atoms with Crippen LogP contribution in [0.1, 0.15) is 19.4 Å². The molecule has 0 aliphatic rings. The van der Waals surface area contributed by atoms with Crippen molar-refractivity contribution in [2.45, 2.75) is 20.4 Å². The Bertz CT molecular complexity index is 344. The fraction of sp³-hybridized carbons (Fsp3) is 0.538. The summed E-state index contributed by atoms with van der Waals surface area (Å²) in [6.45, 7) is 5.75. The molecule has 0 unspecified atom stereocenters. The van der Waals surface area contributed by atoms with E-state index in [1.54, 1.807) is 0 Å². The smallest absolute Gasteiger partial charge is 0.123 e. The lowest BCUT2D eigenvalue weighted by Crippen LogP contribution is -2.19. The molecule has 0 atom stereocenters. The van der Waals surface area contributed by atoms with E-state index in [9.17, 15) is 4.39 Å². The second kappa shape index (κ2) is 7.67. The van der Waals surface area contributed by atoms with Gasteiger partial charge in [-0.15, -0.1) is 0 Å². The monoisotopic (exact) mass is 303 g/mol. The molecule has 0 saturated carbocycles. The molecule has 17 heavy (non-hydrogen) atoms. The first kappa shape index (κ1) is 14.5. The van der Waals surface area contributed by atoms with Gasteiger partial charge in [-0.05, 0) is 36.2 Å². The summed E-state index contributed by atoms with van der Waals surface area (Å²) in [4.78, 5) is 0. The molecular formula is C13H19BrFNO. The highest BCUT2D eigenvalue weighted by molar-refractivity contribution is 9.10. The van der Waals surface area contributed by atoms with Gasteiger partial charge in [-0.3, -0.25) is 0 Å². The standard InChI is InChI=1S/C13H19BrFNO/c1-10(2)8-16-9-11-7-12(17-6-5-15)3-4-13(11)14/h3-4,7,10,16H,5-6,8-9H2,1-2H3. The van der Waals surface area contributed by atoms with E-state index in [2.05, 4.69) is 35.1 Å². The summed E-state index contributed by atoms with van der Waals surface area (Å²) < 4.78 is 18.3. The summed E-state index contributed by atoms with van der Waals surface area (Å²) in [6, 6.07) is 5.71. The predicted molar refractivity (Wildman–Crippen MR) is 72.2 cm³/mol. The van der Waals surface area contributed by atoms with Gasteiger partial charge in [0.15, 0.2) is 0 Å². The van der Waals surface area contributed by atoms with Crippen LogP contribution < -0.4 is 10.1 Å². The van der Waals surface area contributed by atoms with Crippen LogP contribution in [-0.4, -0.2) is 19.8 Å². The van der Waals surface area contributed by atoms with Crippen molar-refractivity contribution in [1.82, 2.24) is 5.32 Å². The highest BCUT2D eigenvalue weighted by Crippen LogP contribution is 2.22. The second-order valence-corrected chi connectivity index (χ2v) is 5.17. The number of benzene rings is 1. The van der Waals surface area contributed by atoms with Crippen molar-refractivity contribution in [1.29, 1.82) is 0 Å². The van der Waals surface area contributed by atoms with Gasteiger partial charge in [0, 0.05) is 11.0 Å². The Morgan fingerprint density at radius 2 is 2.18 bits per heavy atom. The van der Waals surface area contributed by atoms with Crippen molar-refractivity contribution < 1.29 is 9.13 Å². The van der Waals surface area contributed by atoms with E-state index in [1.165, 1.54) is 0 Å². The first-order chi connectivity index (χ1) is 8.13. The van der Waals surface area contributed by atoms with Crippen LogP contribution >= 0.6 is 15.9 Å². The molecular weight excluding hydrogens is 285 g/mol. The minimum absolute atomic E-state index is 0.112. The number of hydrogen-bond acceptors (Lipinski definition) is 2. The molecule has 0 aliphatic carbocycles. The number of ether oxygens (including phenoxy) is 1. The zero-order valence-corrected chi connectivity index (χ0v) is 11.9. The molecule has 0 radical (unpaired) electrons. The van der Waals surface area contributed by atoms with Gasteiger partial charge in [-0.1, -0.05) is 29.8 Å². The van der Waals surface area contributed by atoms with Crippen LogP contribution in [0.25, 0.3) is 0 Å². The number of alkyl halides is 1. The van der Waals surface area contributed by atoms with Crippen molar-refractivity contribution in [3.05, 3.63) is 28.2 Å². The predicted octanol–water partition coefficient (Wildman–Crippen LogP) is 3.54. The Hall–Kier alpha value is -0.610. The molecule has 1 aromatic rings. The van der Waals surface area contributed by atoms with Crippen molar-refractivity contribution in [3.63, 3.8) is 0 Å². The molecule has 1 N–H and O–H groups in total. The molecule has 0 fully saturated rings. The summed E-state index contributed by atoms with van der Waals surface area (Å²) in [7, 11) is 0. The number of hydrogen-bond donors (Lipinski definition) is 1. The van der Waals surface area contributed by atoms with Gasteiger partial charge in [-0.2, -0.15) is 0 Å². The maximum atomic E-state index is 12.0. The SMILES string of the molecule is CC(C)CNCc1cc(OCCF)ccc1Br. The second-order valence-electron chi connectivity index (χ2n) is 4.32.